The fourth-order valence-corrected chi connectivity index (χ4v) is 3.95. The lowest BCUT2D eigenvalue weighted by molar-refractivity contribution is 0.415. The van der Waals surface area contributed by atoms with Gasteiger partial charge >= 0.3 is 0 Å². The van der Waals surface area contributed by atoms with Crippen molar-refractivity contribution in [2.75, 3.05) is 12.4 Å². The molecule has 0 unspecified atom stereocenters. The molecule has 0 aliphatic rings. The number of fused-ring (bicyclic) bond motifs is 1. The second-order valence-corrected chi connectivity index (χ2v) is 7.43. The van der Waals surface area contributed by atoms with E-state index in [2.05, 4.69) is 40.8 Å². The normalized spacial score (nSPS) is 10.9. The molecule has 4 rings (SSSR count). The molecule has 0 radical (unpaired) electrons. The maximum absolute atomic E-state index is 6.09. The molecule has 2 aromatic heterocycles. The first-order valence-corrected chi connectivity index (χ1v) is 9.44. The smallest absolute Gasteiger partial charge is 0.121 e. The van der Waals surface area contributed by atoms with Crippen LogP contribution in [0.15, 0.2) is 60.1 Å². The minimum atomic E-state index is 0.680. The Morgan fingerprint density at radius 1 is 1.08 bits per heavy atom. The number of ether oxygens (including phenoxy) is 1. The number of hydrogen-bond acceptors (Lipinski definition) is 4. The van der Waals surface area contributed by atoms with Gasteiger partial charge in [-0.25, -0.2) is 0 Å². The summed E-state index contributed by atoms with van der Waals surface area (Å²) in [4.78, 5) is 5.62. The summed E-state index contributed by atoms with van der Waals surface area (Å²) < 4.78 is 5.50. The van der Waals surface area contributed by atoms with Crippen molar-refractivity contribution in [1.29, 1.82) is 0 Å². The topological polar surface area (TPSA) is 34.1 Å². The lowest BCUT2D eigenvalue weighted by Gasteiger charge is -2.12. The fraction of sp³-hybridized carbons (Fsp3) is 0.0952. The Morgan fingerprint density at radius 2 is 1.96 bits per heavy atom. The van der Waals surface area contributed by atoms with Crippen molar-refractivity contribution < 1.29 is 4.74 Å². The maximum atomic E-state index is 6.09. The molecule has 0 aliphatic heterocycles. The van der Waals surface area contributed by atoms with Crippen molar-refractivity contribution in [3.8, 4) is 16.2 Å². The third-order valence-electron chi connectivity index (χ3n) is 4.14. The molecule has 0 spiro atoms. The van der Waals surface area contributed by atoms with E-state index >= 15 is 0 Å². The van der Waals surface area contributed by atoms with E-state index in [4.69, 9.17) is 16.3 Å². The van der Waals surface area contributed by atoms with Crippen LogP contribution in [0.1, 0.15) is 5.56 Å². The number of pyridine rings is 1. The highest BCUT2D eigenvalue weighted by Gasteiger charge is 2.08. The highest BCUT2D eigenvalue weighted by atomic mass is 35.5. The van der Waals surface area contributed by atoms with Crippen molar-refractivity contribution in [3.05, 3.63) is 70.7 Å². The zero-order valence-corrected chi connectivity index (χ0v) is 16.0. The number of methoxy groups -OCH3 is 1. The number of rotatable bonds is 4. The van der Waals surface area contributed by atoms with Gasteiger partial charge in [-0.05, 0) is 65.9 Å². The zero-order valence-electron chi connectivity index (χ0n) is 14.4. The van der Waals surface area contributed by atoms with E-state index in [0.29, 0.717) is 5.02 Å². The first-order chi connectivity index (χ1) is 12.6. The first-order valence-electron chi connectivity index (χ1n) is 8.18. The largest absolute Gasteiger partial charge is 0.497 e. The molecule has 0 saturated heterocycles. The monoisotopic (exact) mass is 380 g/mol. The molecule has 2 aromatic carbocycles. The van der Waals surface area contributed by atoms with Crippen LogP contribution < -0.4 is 10.1 Å². The summed E-state index contributed by atoms with van der Waals surface area (Å²) in [7, 11) is 1.69. The summed E-state index contributed by atoms with van der Waals surface area (Å²) in [5.74, 6) is 0.817. The quantitative estimate of drug-likeness (QED) is 0.429. The third kappa shape index (κ3) is 3.39. The Bertz CT molecular complexity index is 1090. The van der Waals surface area contributed by atoms with Crippen LogP contribution >= 0.6 is 22.9 Å². The van der Waals surface area contributed by atoms with E-state index in [1.54, 1.807) is 24.6 Å². The van der Waals surface area contributed by atoms with E-state index in [-0.39, 0.29) is 0 Å². The number of aromatic nitrogens is 1. The molecule has 4 aromatic rings. The average molecular weight is 381 g/mol. The third-order valence-corrected chi connectivity index (χ3v) is 5.47. The van der Waals surface area contributed by atoms with Crippen molar-refractivity contribution in [2.45, 2.75) is 6.92 Å². The number of halogens is 1. The van der Waals surface area contributed by atoms with E-state index in [1.807, 2.05) is 30.3 Å². The summed E-state index contributed by atoms with van der Waals surface area (Å²) in [6, 6.07) is 16.1. The Kier molecular flexibility index (Phi) is 4.53. The second-order valence-electron chi connectivity index (χ2n) is 6.08. The highest BCUT2D eigenvalue weighted by molar-refractivity contribution is 7.13. The van der Waals surface area contributed by atoms with Crippen LogP contribution in [-0.4, -0.2) is 12.1 Å². The molecule has 0 atom stereocenters. The standard InChI is InChI=1S/C21H17ClN2OS/c1-13-7-21(26-12-13)14-8-16(11-17(9-14)25-2)24-19-5-6-23-20-10-15(22)3-4-18(19)20/h3-12H,1-2H3,(H,23,24). The van der Waals surface area contributed by atoms with E-state index in [0.717, 1.165) is 33.6 Å². The zero-order chi connectivity index (χ0) is 18.1. The van der Waals surface area contributed by atoms with Gasteiger partial charge in [0.05, 0.1) is 12.6 Å². The summed E-state index contributed by atoms with van der Waals surface area (Å²) in [5.41, 5.74) is 5.20. The number of aryl methyl sites for hydroxylation is 1. The Hall–Kier alpha value is -2.56. The van der Waals surface area contributed by atoms with Gasteiger partial charge in [0.25, 0.3) is 0 Å². The van der Waals surface area contributed by atoms with Crippen LogP contribution in [0, 0.1) is 6.92 Å². The van der Waals surface area contributed by atoms with Crippen LogP contribution in [-0.2, 0) is 0 Å². The van der Waals surface area contributed by atoms with Gasteiger partial charge in [0.15, 0.2) is 0 Å². The molecule has 1 N–H and O–H groups in total. The van der Waals surface area contributed by atoms with Crippen molar-refractivity contribution >= 4 is 45.2 Å². The number of nitrogens with one attached hydrogen (secondary N) is 1. The number of thiophene rings is 1. The van der Waals surface area contributed by atoms with Crippen molar-refractivity contribution in [3.63, 3.8) is 0 Å². The summed E-state index contributed by atoms with van der Waals surface area (Å²) in [5, 5.41) is 7.36. The van der Waals surface area contributed by atoms with Gasteiger partial charge in [-0.1, -0.05) is 11.6 Å². The van der Waals surface area contributed by atoms with Gasteiger partial charge in [0.1, 0.15) is 5.75 Å². The highest BCUT2D eigenvalue weighted by Crippen LogP contribution is 2.34. The molecule has 5 heteroatoms. The molecule has 2 heterocycles. The fourth-order valence-electron chi connectivity index (χ4n) is 2.90. The van der Waals surface area contributed by atoms with Crippen molar-refractivity contribution in [2.24, 2.45) is 0 Å². The van der Waals surface area contributed by atoms with Gasteiger partial charge in [-0.3, -0.25) is 4.98 Å². The molecular weight excluding hydrogens is 364 g/mol. The molecule has 3 nitrogen and oxygen atoms in total. The number of benzene rings is 2. The van der Waals surface area contributed by atoms with Gasteiger partial charge in [-0.2, -0.15) is 0 Å². The van der Waals surface area contributed by atoms with Crippen molar-refractivity contribution in [1.82, 2.24) is 4.98 Å². The molecular formula is C21H17ClN2OS. The SMILES string of the molecule is COc1cc(Nc2ccnc3cc(Cl)ccc23)cc(-c2cc(C)cs2)c1. The lowest BCUT2D eigenvalue weighted by Crippen LogP contribution is -1.94. The van der Waals surface area contributed by atoms with E-state index < -0.39 is 0 Å². The molecule has 130 valence electrons. The van der Waals surface area contributed by atoms with E-state index in [9.17, 15) is 0 Å². The van der Waals surface area contributed by atoms with Crippen LogP contribution in [0.4, 0.5) is 11.4 Å². The minimum absolute atomic E-state index is 0.680. The van der Waals surface area contributed by atoms with Crippen LogP contribution in [0.2, 0.25) is 5.02 Å². The molecule has 0 bridgehead atoms. The van der Waals surface area contributed by atoms with E-state index in [1.165, 1.54) is 10.4 Å². The Morgan fingerprint density at radius 3 is 2.73 bits per heavy atom. The first kappa shape index (κ1) is 16.9. The summed E-state index contributed by atoms with van der Waals surface area (Å²) in [6.45, 7) is 2.10. The van der Waals surface area contributed by atoms with Crippen LogP contribution in [0.5, 0.6) is 5.75 Å². The van der Waals surface area contributed by atoms with Crippen LogP contribution in [0.3, 0.4) is 0 Å². The predicted molar refractivity (Wildman–Crippen MR) is 111 cm³/mol. The Labute approximate surface area is 161 Å². The van der Waals surface area contributed by atoms with Gasteiger partial charge in [-0.15, -0.1) is 11.3 Å². The number of nitrogens with zero attached hydrogens (tertiary/aromatic N) is 1. The average Bonchev–Trinajstić information content (AvgIpc) is 3.08. The second kappa shape index (κ2) is 6.98. The number of hydrogen-bond donors (Lipinski definition) is 1. The predicted octanol–water partition coefficient (Wildman–Crippen LogP) is 6.68. The lowest BCUT2D eigenvalue weighted by atomic mass is 10.1. The summed E-state index contributed by atoms with van der Waals surface area (Å²) >= 11 is 7.82. The molecule has 26 heavy (non-hydrogen) atoms. The van der Waals surface area contributed by atoms with Gasteiger partial charge < -0.3 is 10.1 Å². The molecule has 0 aliphatic carbocycles. The molecule has 0 fully saturated rings. The van der Waals surface area contributed by atoms with Gasteiger partial charge in [0, 0.05) is 38.9 Å². The summed E-state index contributed by atoms with van der Waals surface area (Å²) in [6.07, 6.45) is 1.78. The minimum Gasteiger partial charge on any atom is -0.497 e. The Balaban J connectivity index is 1.77. The molecule has 0 saturated carbocycles. The van der Waals surface area contributed by atoms with Crippen LogP contribution in [0.25, 0.3) is 21.3 Å². The molecule has 0 amide bonds. The maximum Gasteiger partial charge on any atom is 0.121 e. The number of anilines is 2. The van der Waals surface area contributed by atoms with Gasteiger partial charge in [0.2, 0.25) is 0 Å².